The van der Waals surface area contributed by atoms with Gasteiger partial charge in [-0.05, 0) is 18.2 Å². The number of hydrogen-bond donors (Lipinski definition) is 0. The number of aromatic nitrogens is 2. The Labute approximate surface area is 113 Å². The zero-order valence-corrected chi connectivity index (χ0v) is 11.3. The first-order valence-corrected chi connectivity index (χ1v) is 6.16. The van der Waals surface area contributed by atoms with Gasteiger partial charge < -0.3 is 9.26 Å². The van der Waals surface area contributed by atoms with Crippen molar-refractivity contribution in [3.63, 3.8) is 0 Å². The predicted octanol–water partition coefficient (Wildman–Crippen LogP) is 2.85. The van der Waals surface area contributed by atoms with Crippen molar-refractivity contribution in [3.8, 4) is 11.8 Å². The summed E-state index contributed by atoms with van der Waals surface area (Å²) in [7, 11) is 0. The highest BCUT2D eigenvalue weighted by Gasteiger charge is 2.08. The molecule has 92 valence electrons. The lowest BCUT2D eigenvalue weighted by molar-refractivity contribution is 0.284. The van der Waals surface area contributed by atoms with Crippen LogP contribution in [-0.2, 0) is 13.0 Å². The van der Waals surface area contributed by atoms with Crippen molar-refractivity contribution in [2.75, 3.05) is 0 Å². The topological polar surface area (TPSA) is 71.9 Å². The average Bonchev–Trinajstić information content (AvgIpc) is 2.85. The molecule has 5 nitrogen and oxygen atoms in total. The molecule has 0 radical (unpaired) electrons. The van der Waals surface area contributed by atoms with Crippen LogP contribution >= 0.6 is 15.9 Å². The van der Waals surface area contributed by atoms with E-state index in [1.807, 2.05) is 13.0 Å². The maximum Gasteiger partial charge on any atom is 0.226 e. The molecule has 6 heteroatoms. The Hall–Kier alpha value is -1.87. The lowest BCUT2D eigenvalue weighted by Crippen LogP contribution is -1.99. The van der Waals surface area contributed by atoms with E-state index in [0.717, 1.165) is 4.47 Å². The van der Waals surface area contributed by atoms with Crippen molar-refractivity contribution < 1.29 is 9.26 Å². The van der Waals surface area contributed by atoms with Gasteiger partial charge in [0.05, 0.1) is 5.56 Å². The van der Waals surface area contributed by atoms with Gasteiger partial charge in [0, 0.05) is 10.9 Å². The molecule has 0 atom stereocenters. The van der Waals surface area contributed by atoms with Crippen LogP contribution in [0.25, 0.3) is 0 Å². The minimum atomic E-state index is 0.180. The van der Waals surface area contributed by atoms with Gasteiger partial charge in [-0.15, -0.1) is 0 Å². The van der Waals surface area contributed by atoms with Gasteiger partial charge in [0.1, 0.15) is 11.8 Å². The number of halogens is 1. The SMILES string of the molecule is CCc1nc(COc2ccc(Br)cc2C#N)no1. The minimum Gasteiger partial charge on any atom is -0.484 e. The molecule has 18 heavy (non-hydrogen) atoms. The molecule has 1 aromatic heterocycles. The van der Waals surface area contributed by atoms with E-state index < -0.39 is 0 Å². The summed E-state index contributed by atoms with van der Waals surface area (Å²) in [4.78, 5) is 4.12. The summed E-state index contributed by atoms with van der Waals surface area (Å²) in [6, 6.07) is 7.30. The highest BCUT2D eigenvalue weighted by atomic mass is 79.9. The molecule has 0 aliphatic carbocycles. The molecule has 0 aliphatic heterocycles. The van der Waals surface area contributed by atoms with E-state index in [0.29, 0.717) is 29.4 Å². The Morgan fingerprint density at radius 2 is 2.33 bits per heavy atom. The maximum absolute atomic E-state index is 8.98. The zero-order valence-electron chi connectivity index (χ0n) is 9.68. The number of nitrogens with zero attached hydrogens (tertiary/aromatic N) is 3. The molecule has 2 rings (SSSR count). The highest BCUT2D eigenvalue weighted by molar-refractivity contribution is 9.10. The molecule has 0 saturated heterocycles. The fourth-order valence-electron chi connectivity index (χ4n) is 1.35. The Morgan fingerprint density at radius 1 is 1.50 bits per heavy atom. The Kier molecular flexibility index (Phi) is 3.95. The van der Waals surface area contributed by atoms with Gasteiger partial charge >= 0.3 is 0 Å². The third-order valence-corrected chi connectivity index (χ3v) is 2.72. The van der Waals surface area contributed by atoms with Crippen molar-refractivity contribution in [3.05, 3.63) is 40.0 Å². The Morgan fingerprint density at radius 3 is 3.00 bits per heavy atom. The summed E-state index contributed by atoms with van der Waals surface area (Å²) < 4.78 is 11.3. The molecule has 0 aliphatic rings. The monoisotopic (exact) mass is 307 g/mol. The lowest BCUT2D eigenvalue weighted by Gasteiger charge is -2.05. The minimum absolute atomic E-state index is 0.180. The first-order valence-electron chi connectivity index (χ1n) is 5.37. The molecule has 0 bridgehead atoms. The molecule has 0 saturated carbocycles. The molecule has 0 spiro atoms. The van der Waals surface area contributed by atoms with Gasteiger partial charge in [-0.1, -0.05) is 28.0 Å². The molecule has 0 fully saturated rings. The van der Waals surface area contributed by atoms with Crippen LogP contribution in [-0.4, -0.2) is 10.1 Å². The smallest absolute Gasteiger partial charge is 0.226 e. The lowest BCUT2D eigenvalue weighted by atomic mass is 10.2. The van der Waals surface area contributed by atoms with E-state index in [-0.39, 0.29) is 6.61 Å². The highest BCUT2D eigenvalue weighted by Crippen LogP contribution is 2.23. The van der Waals surface area contributed by atoms with E-state index >= 15 is 0 Å². The fourth-order valence-corrected chi connectivity index (χ4v) is 1.71. The van der Waals surface area contributed by atoms with Gasteiger partial charge in [0.25, 0.3) is 0 Å². The molecule has 0 N–H and O–H groups in total. The van der Waals surface area contributed by atoms with Crippen LogP contribution in [0, 0.1) is 11.3 Å². The number of ether oxygens (including phenoxy) is 1. The van der Waals surface area contributed by atoms with Crippen LogP contribution in [0.2, 0.25) is 0 Å². The molecule has 1 aromatic carbocycles. The van der Waals surface area contributed by atoms with Crippen molar-refractivity contribution in [2.24, 2.45) is 0 Å². The quantitative estimate of drug-likeness (QED) is 0.868. The van der Waals surface area contributed by atoms with E-state index in [4.69, 9.17) is 14.5 Å². The average molecular weight is 308 g/mol. The van der Waals surface area contributed by atoms with Gasteiger partial charge in [-0.3, -0.25) is 0 Å². The second kappa shape index (κ2) is 5.65. The third kappa shape index (κ3) is 2.87. The summed E-state index contributed by atoms with van der Waals surface area (Å²) in [5.41, 5.74) is 0.462. The Balaban J connectivity index is 2.08. The van der Waals surface area contributed by atoms with Crippen LogP contribution in [0.1, 0.15) is 24.2 Å². The second-order valence-electron chi connectivity index (χ2n) is 3.50. The number of benzene rings is 1. The van der Waals surface area contributed by atoms with Crippen molar-refractivity contribution >= 4 is 15.9 Å². The predicted molar refractivity (Wildman–Crippen MR) is 66.9 cm³/mol. The van der Waals surface area contributed by atoms with Crippen molar-refractivity contribution in [2.45, 2.75) is 20.0 Å². The van der Waals surface area contributed by atoms with Crippen LogP contribution in [0.4, 0.5) is 0 Å². The summed E-state index contributed by atoms with van der Waals surface area (Å²) in [5, 5.41) is 12.8. The molecule has 0 unspecified atom stereocenters. The van der Waals surface area contributed by atoms with Crippen LogP contribution < -0.4 is 4.74 Å². The first-order chi connectivity index (χ1) is 8.72. The molecular weight excluding hydrogens is 298 g/mol. The standard InChI is InChI=1S/C12H10BrN3O2/c1-2-12-15-11(16-18-12)7-17-10-4-3-9(13)5-8(10)6-14/h3-5H,2,7H2,1H3. The second-order valence-corrected chi connectivity index (χ2v) is 4.41. The normalized spacial score (nSPS) is 10.1. The van der Waals surface area contributed by atoms with E-state index in [1.165, 1.54) is 0 Å². The molecule has 0 amide bonds. The Bertz CT molecular complexity index is 589. The van der Waals surface area contributed by atoms with Gasteiger partial charge in [-0.25, -0.2) is 0 Å². The van der Waals surface area contributed by atoms with E-state index in [1.54, 1.807) is 12.1 Å². The first kappa shape index (κ1) is 12.6. The largest absolute Gasteiger partial charge is 0.484 e. The number of nitriles is 1. The van der Waals surface area contributed by atoms with Crippen LogP contribution in [0.5, 0.6) is 5.75 Å². The maximum atomic E-state index is 8.98. The number of hydrogen-bond acceptors (Lipinski definition) is 5. The van der Waals surface area contributed by atoms with Crippen LogP contribution in [0.3, 0.4) is 0 Å². The molecular formula is C12H10BrN3O2. The summed E-state index contributed by atoms with van der Waals surface area (Å²) in [6.07, 6.45) is 0.689. The van der Waals surface area contributed by atoms with Crippen molar-refractivity contribution in [1.29, 1.82) is 5.26 Å². The zero-order chi connectivity index (χ0) is 13.0. The van der Waals surface area contributed by atoms with Crippen molar-refractivity contribution in [1.82, 2.24) is 10.1 Å². The summed E-state index contributed by atoms with van der Waals surface area (Å²) >= 11 is 3.30. The van der Waals surface area contributed by atoms with Gasteiger partial charge in [-0.2, -0.15) is 10.2 Å². The molecule has 1 heterocycles. The molecule has 2 aromatic rings. The van der Waals surface area contributed by atoms with Gasteiger partial charge in [0.15, 0.2) is 6.61 Å². The summed E-state index contributed by atoms with van der Waals surface area (Å²) in [5.74, 6) is 1.55. The van der Waals surface area contributed by atoms with Gasteiger partial charge in [0.2, 0.25) is 11.7 Å². The van der Waals surface area contributed by atoms with E-state index in [9.17, 15) is 0 Å². The number of aryl methyl sites for hydroxylation is 1. The number of rotatable bonds is 4. The third-order valence-electron chi connectivity index (χ3n) is 2.23. The van der Waals surface area contributed by atoms with Crippen LogP contribution in [0.15, 0.2) is 27.2 Å². The summed E-state index contributed by atoms with van der Waals surface area (Å²) in [6.45, 7) is 2.11. The fraction of sp³-hybridized carbons (Fsp3) is 0.250. The van der Waals surface area contributed by atoms with E-state index in [2.05, 4.69) is 32.1 Å².